The van der Waals surface area contributed by atoms with E-state index in [1.807, 2.05) is 30.3 Å². The summed E-state index contributed by atoms with van der Waals surface area (Å²) >= 11 is 0. The summed E-state index contributed by atoms with van der Waals surface area (Å²) in [4.78, 5) is 24.1. The normalized spacial score (nSPS) is 11.5. The second-order valence-corrected chi connectivity index (χ2v) is 7.20. The molecule has 0 bridgehead atoms. The summed E-state index contributed by atoms with van der Waals surface area (Å²) in [6.45, 7) is 6.40. The van der Waals surface area contributed by atoms with E-state index in [-0.39, 0.29) is 16.8 Å². The number of ketones is 1. The number of aromatic carboxylic acids is 1. The smallest absolute Gasteiger partial charge is 0.335 e. The van der Waals surface area contributed by atoms with Crippen molar-refractivity contribution in [2.45, 2.75) is 26.2 Å². The summed E-state index contributed by atoms with van der Waals surface area (Å²) in [6.07, 6.45) is 0. The molecule has 25 heavy (non-hydrogen) atoms. The molecule has 0 unspecified atom stereocenters. The Balaban J connectivity index is 2.04. The largest absolute Gasteiger partial charge is 0.478 e. The number of carbonyl (C=O) groups is 2. The van der Waals surface area contributed by atoms with Gasteiger partial charge in [-0.25, -0.2) is 4.79 Å². The lowest BCUT2D eigenvalue weighted by molar-refractivity contribution is 0.0697. The van der Waals surface area contributed by atoms with E-state index in [0.29, 0.717) is 11.1 Å². The average Bonchev–Trinajstić information content (AvgIpc) is 2.59. The number of fused-ring (bicyclic) bond motifs is 1. The zero-order valence-electron chi connectivity index (χ0n) is 14.5. The third-order valence-corrected chi connectivity index (χ3v) is 4.39. The molecule has 0 radical (unpaired) electrons. The molecule has 0 fully saturated rings. The van der Waals surface area contributed by atoms with Crippen molar-refractivity contribution in [3.05, 3.63) is 82.9 Å². The first-order chi connectivity index (χ1) is 11.8. The summed E-state index contributed by atoms with van der Waals surface area (Å²) < 4.78 is 0. The van der Waals surface area contributed by atoms with Crippen LogP contribution in [0.5, 0.6) is 0 Å². The number of carboxylic acid groups (broad SMARTS) is 1. The molecule has 3 aromatic rings. The van der Waals surface area contributed by atoms with Crippen LogP contribution in [0.1, 0.15) is 52.6 Å². The molecule has 0 aliphatic carbocycles. The van der Waals surface area contributed by atoms with Gasteiger partial charge < -0.3 is 5.11 Å². The highest BCUT2D eigenvalue weighted by molar-refractivity contribution is 6.16. The van der Waals surface area contributed by atoms with Crippen LogP contribution in [-0.2, 0) is 5.41 Å². The van der Waals surface area contributed by atoms with Gasteiger partial charge in [-0.1, -0.05) is 69.3 Å². The van der Waals surface area contributed by atoms with Gasteiger partial charge in [-0.15, -0.1) is 0 Å². The van der Waals surface area contributed by atoms with Crippen molar-refractivity contribution in [2.24, 2.45) is 0 Å². The van der Waals surface area contributed by atoms with E-state index in [1.54, 1.807) is 24.3 Å². The predicted octanol–water partition coefficient (Wildman–Crippen LogP) is 5.07. The minimum absolute atomic E-state index is 0.0360. The molecule has 0 heterocycles. The minimum atomic E-state index is -0.976. The van der Waals surface area contributed by atoms with Gasteiger partial charge in [0.15, 0.2) is 5.78 Å². The van der Waals surface area contributed by atoms with E-state index in [4.69, 9.17) is 5.11 Å². The number of hydrogen-bond acceptors (Lipinski definition) is 2. The van der Waals surface area contributed by atoms with Crippen molar-refractivity contribution in [2.75, 3.05) is 0 Å². The van der Waals surface area contributed by atoms with Gasteiger partial charge in [0.05, 0.1) is 5.56 Å². The highest BCUT2D eigenvalue weighted by Gasteiger charge is 2.16. The average molecular weight is 332 g/mol. The van der Waals surface area contributed by atoms with Crippen LogP contribution < -0.4 is 0 Å². The highest BCUT2D eigenvalue weighted by Crippen LogP contribution is 2.25. The molecule has 3 nitrogen and oxygen atoms in total. The Bertz CT molecular complexity index is 961. The third-order valence-electron chi connectivity index (χ3n) is 4.39. The summed E-state index contributed by atoms with van der Waals surface area (Å²) in [7, 11) is 0. The zero-order chi connectivity index (χ0) is 18.2. The predicted molar refractivity (Wildman–Crippen MR) is 99.5 cm³/mol. The Morgan fingerprint density at radius 1 is 0.840 bits per heavy atom. The molecule has 3 rings (SSSR count). The molecule has 126 valence electrons. The lowest BCUT2D eigenvalue weighted by Crippen LogP contribution is -2.11. The first kappa shape index (κ1) is 16.9. The van der Waals surface area contributed by atoms with Gasteiger partial charge in [-0.2, -0.15) is 0 Å². The lowest BCUT2D eigenvalue weighted by Gasteiger charge is -2.19. The van der Waals surface area contributed by atoms with Gasteiger partial charge in [0.2, 0.25) is 0 Å². The van der Waals surface area contributed by atoms with Crippen molar-refractivity contribution in [1.82, 2.24) is 0 Å². The van der Waals surface area contributed by atoms with Gasteiger partial charge in [0.25, 0.3) is 0 Å². The van der Waals surface area contributed by atoms with Crippen LogP contribution in [0.4, 0.5) is 0 Å². The fourth-order valence-electron chi connectivity index (χ4n) is 2.89. The van der Waals surface area contributed by atoms with Gasteiger partial charge in [0, 0.05) is 11.1 Å². The molecular weight excluding hydrogens is 312 g/mol. The summed E-state index contributed by atoms with van der Waals surface area (Å²) in [6, 6.07) is 17.9. The Labute approximate surface area is 146 Å². The Morgan fingerprint density at radius 2 is 1.48 bits per heavy atom. The maximum atomic E-state index is 12.9. The molecule has 0 amide bonds. The Hall–Kier alpha value is -2.94. The molecule has 3 aromatic carbocycles. The summed E-state index contributed by atoms with van der Waals surface area (Å²) in [5, 5.41) is 10.6. The quantitative estimate of drug-likeness (QED) is 0.682. The molecule has 1 N–H and O–H groups in total. The van der Waals surface area contributed by atoms with E-state index < -0.39 is 5.97 Å². The zero-order valence-corrected chi connectivity index (χ0v) is 14.5. The maximum absolute atomic E-state index is 12.9. The van der Waals surface area contributed by atoms with Gasteiger partial charge >= 0.3 is 5.97 Å². The maximum Gasteiger partial charge on any atom is 0.335 e. The molecular formula is C22H20O3. The summed E-state index contributed by atoms with van der Waals surface area (Å²) in [5.41, 5.74) is 2.63. The molecule has 0 saturated heterocycles. The molecule has 0 saturated carbocycles. The van der Waals surface area contributed by atoms with Crippen LogP contribution in [0.25, 0.3) is 10.8 Å². The number of carbonyl (C=O) groups excluding carboxylic acids is 1. The van der Waals surface area contributed by atoms with E-state index in [2.05, 4.69) is 20.8 Å². The molecule has 0 atom stereocenters. The molecule has 0 aliphatic heterocycles. The van der Waals surface area contributed by atoms with Crippen LogP contribution in [-0.4, -0.2) is 16.9 Å². The molecule has 0 spiro atoms. The topological polar surface area (TPSA) is 54.4 Å². The van der Waals surface area contributed by atoms with Crippen molar-refractivity contribution in [1.29, 1.82) is 0 Å². The molecule has 3 heteroatoms. The second kappa shape index (κ2) is 6.17. The first-order valence-electron chi connectivity index (χ1n) is 8.19. The first-order valence-corrected chi connectivity index (χ1v) is 8.19. The van der Waals surface area contributed by atoms with Gasteiger partial charge in [-0.05, 0) is 33.9 Å². The standard InChI is InChI=1S/C22H20O3/c1-22(2,3)17-10-7-14(8-11-17)20(23)19-6-4-5-15-13-16(21(24)25)9-12-18(15)19/h4-13H,1-3H3,(H,24,25). The van der Waals surface area contributed by atoms with Gasteiger partial charge in [0.1, 0.15) is 0 Å². The minimum Gasteiger partial charge on any atom is -0.478 e. The fourth-order valence-corrected chi connectivity index (χ4v) is 2.89. The third kappa shape index (κ3) is 3.31. The van der Waals surface area contributed by atoms with Crippen molar-refractivity contribution in [3.8, 4) is 0 Å². The van der Waals surface area contributed by atoms with Crippen LogP contribution in [0.15, 0.2) is 60.7 Å². The monoisotopic (exact) mass is 332 g/mol. The molecule has 0 aromatic heterocycles. The Kier molecular flexibility index (Phi) is 4.17. The SMILES string of the molecule is CC(C)(C)c1ccc(C(=O)c2cccc3cc(C(=O)O)ccc23)cc1. The van der Waals surface area contributed by atoms with Crippen LogP contribution in [0, 0.1) is 0 Å². The van der Waals surface area contributed by atoms with Crippen LogP contribution in [0.3, 0.4) is 0 Å². The van der Waals surface area contributed by atoms with E-state index in [1.165, 1.54) is 11.6 Å². The number of benzene rings is 3. The van der Waals surface area contributed by atoms with E-state index >= 15 is 0 Å². The van der Waals surface area contributed by atoms with E-state index in [9.17, 15) is 9.59 Å². The van der Waals surface area contributed by atoms with Crippen LogP contribution >= 0.6 is 0 Å². The fraction of sp³-hybridized carbons (Fsp3) is 0.182. The Morgan fingerprint density at radius 3 is 2.08 bits per heavy atom. The summed E-state index contributed by atoms with van der Waals surface area (Å²) in [5.74, 6) is -1.04. The van der Waals surface area contributed by atoms with Crippen molar-refractivity contribution < 1.29 is 14.7 Å². The van der Waals surface area contributed by atoms with Crippen molar-refractivity contribution >= 4 is 22.5 Å². The number of carboxylic acids is 1. The van der Waals surface area contributed by atoms with Crippen LogP contribution in [0.2, 0.25) is 0 Å². The second-order valence-electron chi connectivity index (χ2n) is 7.20. The van der Waals surface area contributed by atoms with Crippen molar-refractivity contribution in [3.63, 3.8) is 0 Å². The number of hydrogen-bond donors (Lipinski definition) is 1. The van der Waals surface area contributed by atoms with E-state index in [0.717, 1.165) is 10.8 Å². The van der Waals surface area contributed by atoms with Gasteiger partial charge in [-0.3, -0.25) is 4.79 Å². The lowest BCUT2D eigenvalue weighted by atomic mass is 9.86. The highest BCUT2D eigenvalue weighted by atomic mass is 16.4. The number of rotatable bonds is 3. The molecule has 0 aliphatic rings.